The summed E-state index contributed by atoms with van der Waals surface area (Å²) in [6.07, 6.45) is 0. The van der Waals surface area contributed by atoms with Gasteiger partial charge in [-0.2, -0.15) is 0 Å². The van der Waals surface area contributed by atoms with E-state index < -0.39 is 11.3 Å². The Hall–Kier alpha value is -0.380. The summed E-state index contributed by atoms with van der Waals surface area (Å²) in [4.78, 5) is 21.8. The number of hydrogen-bond acceptors (Lipinski definition) is 3. The van der Waals surface area contributed by atoms with Gasteiger partial charge in [-0.05, 0) is 24.3 Å². The first-order chi connectivity index (χ1) is 5.27. The quantitative estimate of drug-likeness (QED) is 0.535. The van der Waals surface area contributed by atoms with Crippen molar-refractivity contribution in [3.05, 3.63) is 45.1 Å². The Labute approximate surface area is 97.3 Å². The molecule has 2 bridgehead atoms. The molecule has 2 heterocycles. The van der Waals surface area contributed by atoms with Gasteiger partial charge < -0.3 is 4.42 Å². The van der Waals surface area contributed by atoms with Gasteiger partial charge in [0.1, 0.15) is 0 Å². The Bertz CT molecular complexity index is 424. The third-order valence-electron chi connectivity index (χ3n) is 1.54. The van der Waals surface area contributed by atoms with E-state index in [-0.39, 0.29) is 37.7 Å². The maximum atomic E-state index is 10.9. The first-order valence-electron chi connectivity index (χ1n) is 3.14. The molecule has 0 aliphatic rings. The van der Waals surface area contributed by atoms with E-state index >= 15 is 0 Å². The fraction of sp³-hybridized carbons (Fsp3) is 0. The van der Waals surface area contributed by atoms with Gasteiger partial charge >= 0.3 is 49.0 Å². The molecule has 0 saturated carbocycles. The van der Waals surface area contributed by atoms with Gasteiger partial charge in [0, 0.05) is 0 Å². The van der Waals surface area contributed by atoms with Gasteiger partial charge in [0.25, 0.3) is 0 Å². The van der Waals surface area contributed by atoms with Gasteiger partial charge in [-0.25, -0.2) is 9.59 Å². The molecular weight excluding hydrogens is 184 g/mol. The molecule has 0 N–H and O–H groups in total. The monoisotopic (exact) mass is 190 g/mol. The molecule has 0 atom stereocenters. The van der Waals surface area contributed by atoms with Gasteiger partial charge in [-0.15, -0.1) is 0 Å². The average molecular weight is 190 g/mol. The second kappa shape index (κ2) is 3.56. The fourth-order valence-electron chi connectivity index (χ4n) is 0.944. The van der Waals surface area contributed by atoms with Crippen molar-refractivity contribution in [1.29, 1.82) is 0 Å². The SMILES string of the molecule is O=c1oc(=O)c2ccc1cc2.[CaH2]. The molecule has 0 fully saturated rings. The van der Waals surface area contributed by atoms with Crippen LogP contribution in [-0.4, -0.2) is 37.7 Å². The molecule has 2 aromatic heterocycles. The van der Waals surface area contributed by atoms with Crippen LogP contribution in [0.2, 0.25) is 0 Å². The average Bonchev–Trinajstić information content (AvgIpc) is 2.22. The minimum absolute atomic E-state index is 0. The fourth-order valence-corrected chi connectivity index (χ4v) is 0.944. The predicted molar refractivity (Wildman–Crippen MR) is 48.5 cm³/mol. The molecule has 1 aromatic carbocycles. The summed E-state index contributed by atoms with van der Waals surface area (Å²) >= 11 is 0. The van der Waals surface area contributed by atoms with Crippen LogP contribution in [0.3, 0.4) is 0 Å². The van der Waals surface area contributed by atoms with E-state index in [9.17, 15) is 9.59 Å². The van der Waals surface area contributed by atoms with Crippen LogP contribution in [0.1, 0.15) is 0 Å². The molecule has 0 aliphatic heterocycles. The summed E-state index contributed by atoms with van der Waals surface area (Å²) in [6, 6.07) is 6.29. The van der Waals surface area contributed by atoms with Crippen molar-refractivity contribution < 1.29 is 4.42 Å². The van der Waals surface area contributed by atoms with E-state index in [0.29, 0.717) is 10.8 Å². The zero-order chi connectivity index (χ0) is 7.84. The normalized spacial score (nSPS) is 9.67. The van der Waals surface area contributed by atoms with Crippen LogP contribution in [0.5, 0.6) is 0 Å². The molecule has 0 saturated heterocycles. The van der Waals surface area contributed by atoms with E-state index in [4.69, 9.17) is 0 Å². The number of benzene rings is 1. The molecule has 12 heavy (non-hydrogen) atoms. The van der Waals surface area contributed by atoms with Crippen molar-refractivity contribution in [2.45, 2.75) is 0 Å². The molecule has 3 aromatic rings. The molecule has 0 spiro atoms. The molecule has 3 rings (SSSR count). The molecule has 4 heteroatoms. The van der Waals surface area contributed by atoms with Crippen LogP contribution in [0.25, 0.3) is 10.8 Å². The number of rotatable bonds is 0. The third-order valence-corrected chi connectivity index (χ3v) is 1.54. The predicted octanol–water partition coefficient (Wildman–Crippen LogP) is -0.325. The molecule has 0 amide bonds. The zero-order valence-electron chi connectivity index (χ0n) is 5.53. The van der Waals surface area contributed by atoms with Gasteiger partial charge in [0.05, 0.1) is 10.8 Å². The molecule has 58 valence electrons. The van der Waals surface area contributed by atoms with E-state index in [1.807, 2.05) is 0 Å². The second-order valence-corrected chi connectivity index (χ2v) is 2.25. The summed E-state index contributed by atoms with van der Waals surface area (Å²) < 4.78 is 4.42. The molecular formula is C8H6CaO3. The maximum absolute atomic E-state index is 10.9. The minimum atomic E-state index is -0.574. The Kier molecular flexibility index (Phi) is 2.88. The van der Waals surface area contributed by atoms with E-state index in [1.165, 1.54) is 0 Å². The van der Waals surface area contributed by atoms with Crippen molar-refractivity contribution in [3.8, 4) is 0 Å². The van der Waals surface area contributed by atoms with Crippen molar-refractivity contribution in [3.63, 3.8) is 0 Å². The van der Waals surface area contributed by atoms with Gasteiger partial charge in [-0.1, -0.05) is 0 Å². The number of hydrogen-bond donors (Lipinski definition) is 0. The van der Waals surface area contributed by atoms with E-state index in [0.717, 1.165) is 0 Å². The molecule has 0 radical (unpaired) electrons. The van der Waals surface area contributed by atoms with Gasteiger partial charge in [0.15, 0.2) is 0 Å². The van der Waals surface area contributed by atoms with Gasteiger partial charge in [-0.3, -0.25) is 0 Å². The topological polar surface area (TPSA) is 47.3 Å². The first kappa shape index (κ1) is 9.71. The van der Waals surface area contributed by atoms with Crippen LogP contribution < -0.4 is 11.3 Å². The third kappa shape index (κ3) is 1.53. The standard InChI is InChI=1S/C8H4O3.Ca.2H/c9-7-5-1-2-6(4-3-5)8(10)11-7;;;/h1-4H;;;. The summed E-state index contributed by atoms with van der Waals surface area (Å²) in [7, 11) is 0. The molecule has 0 unspecified atom stereocenters. The van der Waals surface area contributed by atoms with Crippen LogP contribution in [-0.2, 0) is 0 Å². The van der Waals surface area contributed by atoms with Gasteiger partial charge in [0.2, 0.25) is 0 Å². The van der Waals surface area contributed by atoms with Crippen LogP contribution in [0.4, 0.5) is 0 Å². The summed E-state index contributed by atoms with van der Waals surface area (Å²) in [5.41, 5.74) is -1.15. The van der Waals surface area contributed by atoms with Crippen LogP contribution >= 0.6 is 0 Å². The molecule has 0 aliphatic carbocycles. The van der Waals surface area contributed by atoms with Crippen molar-refractivity contribution in [2.24, 2.45) is 0 Å². The van der Waals surface area contributed by atoms with Crippen LogP contribution in [0.15, 0.2) is 38.3 Å². The van der Waals surface area contributed by atoms with Crippen molar-refractivity contribution in [2.75, 3.05) is 0 Å². The first-order valence-corrected chi connectivity index (χ1v) is 3.14. The summed E-state index contributed by atoms with van der Waals surface area (Å²) in [5, 5.41) is 0.833. The van der Waals surface area contributed by atoms with E-state index in [1.54, 1.807) is 24.3 Å². The number of fused-ring (bicyclic) bond motifs is 4. The van der Waals surface area contributed by atoms with E-state index in [2.05, 4.69) is 4.42 Å². The Morgan fingerprint density at radius 2 is 1.17 bits per heavy atom. The van der Waals surface area contributed by atoms with Crippen molar-refractivity contribution >= 4 is 48.5 Å². The Morgan fingerprint density at radius 1 is 0.833 bits per heavy atom. The summed E-state index contributed by atoms with van der Waals surface area (Å²) in [6.45, 7) is 0. The second-order valence-electron chi connectivity index (χ2n) is 2.25. The zero-order valence-corrected chi connectivity index (χ0v) is 5.53. The Balaban J connectivity index is 0.000000720. The van der Waals surface area contributed by atoms with Crippen molar-refractivity contribution in [1.82, 2.24) is 0 Å². The summed E-state index contributed by atoms with van der Waals surface area (Å²) in [5.74, 6) is 0. The Morgan fingerprint density at radius 3 is 1.50 bits per heavy atom. The molecule has 3 nitrogen and oxygen atoms in total. The van der Waals surface area contributed by atoms with Crippen LogP contribution in [0, 0.1) is 0 Å².